The quantitative estimate of drug-likeness (QED) is 0.147. The molecular weight excluding hydrogens is 783 g/mol. The molecule has 2 aliphatic carbocycles. The smallest absolute Gasteiger partial charge is 0.0714 e. The molecule has 10 aromatic carbocycles. The minimum absolute atomic E-state index is 0.183. The van der Waals surface area contributed by atoms with Gasteiger partial charge in [-0.25, -0.2) is 0 Å². The van der Waals surface area contributed by atoms with Crippen LogP contribution in [0.25, 0.3) is 55.6 Å². The summed E-state index contributed by atoms with van der Waals surface area (Å²) in [5, 5.41) is 0. The molecule has 0 saturated heterocycles. The summed E-state index contributed by atoms with van der Waals surface area (Å²) in [7, 11) is 0. The van der Waals surface area contributed by atoms with Gasteiger partial charge in [-0.15, -0.1) is 0 Å². The van der Waals surface area contributed by atoms with E-state index < -0.39 is 5.41 Å². The Bertz CT molecular complexity index is 3350. The van der Waals surface area contributed by atoms with Crippen LogP contribution in [0.15, 0.2) is 249 Å². The molecule has 0 spiro atoms. The lowest BCUT2D eigenvalue weighted by molar-refractivity contribution is 0.660. The van der Waals surface area contributed by atoms with Gasteiger partial charge in [0.15, 0.2) is 0 Å². The third-order valence-corrected chi connectivity index (χ3v) is 14.2. The van der Waals surface area contributed by atoms with Crippen LogP contribution in [0.1, 0.15) is 47.2 Å². The maximum Gasteiger partial charge on any atom is 0.0714 e. The van der Waals surface area contributed by atoms with Gasteiger partial charge in [-0.2, -0.15) is 0 Å². The third kappa shape index (κ3) is 5.93. The van der Waals surface area contributed by atoms with E-state index in [2.05, 4.69) is 267 Å². The zero-order valence-corrected chi connectivity index (χ0v) is 36.6. The van der Waals surface area contributed by atoms with E-state index in [4.69, 9.17) is 0 Å². The highest BCUT2D eigenvalue weighted by Gasteiger charge is 2.47. The second-order valence-electron chi connectivity index (χ2n) is 17.9. The minimum Gasteiger partial charge on any atom is -0.309 e. The molecule has 10 aromatic rings. The second kappa shape index (κ2) is 15.4. The van der Waals surface area contributed by atoms with Crippen LogP contribution in [0, 0.1) is 0 Å². The predicted octanol–water partition coefficient (Wildman–Crippen LogP) is 16.8. The summed E-state index contributed by atoms with van der Waals surface area (Å²) < 4.78 is 0. The molecule has 0 bridgehead atoms. The SMILES string of the molecule is CC1(C)c2ccccc2-c2c(N(c3ccc4c(c3)C(c3ccccc3)(c3ccccc3)c3ccccc3-4)c3cccc(-c4ccccc4)c3-c3ccccc3-c3ccccc3)cccc21. The Morgan fingerprint density at radius 1 is 0.292 bits per heavy atom. The van der Waals surface area contributed by atoms with Crippen LogP contribution in [0.4, 0.5) is 17.1 Å². The number of hydrogen-bond acceptors (Lipinski definition) is 1. The molecule has 12 rings (SSSR count). The number of anilines is 3. The Hall–Kier alpha value is -8.00. The van der Waals surface area contributed by atoms with Crippen LogP contribution in [-0.2, 0) is 10.8 Å². The summed E-state index contributed by atoms with van der Waals surface area (Å²) in [5.41, 5.74) is 22.6. The molecular formula is C64H47N. The van der Waals surface area contributed by atoms with Crippen LogP contribution in [0.5, 0.6) is 0 Å². The normalized spacial score (nSPS) is 13.6. The number of fused-ring (bicyclic) bond motifs is 6. The van der Waals surface area contributed by atoms with Gasteiger partial charge >= 0.3 is 0 Å². The summed E-state index contributed by atoms with van der Waals surface area (Å²) in [6.07, 6.45) is 0. The number of rotatable bonds is 8. The molecule has 2 aliphatic rings. The predicted molar refractivity (Wildman–Crippen MR) is 272 cm³/mol. The largest absolute Gasteiger partial charge is 0.309 e. The lowest BCUT2D eigenvalue weighted by Gasteiger charge is -2.36. The molecule has 0 saturated carbocycles. The van der Waals surface area contributed by atoms with Gasteiger partial charge in [0.1, 0.15) is 0 Å². The molecule has 0 aliphatic heterocycles. The molecule has 1 nitrogen and oxygen atoms in total. The second-order valence-corrected chi connectivity index (χ2v) is 17.9. The zero-order valence-electron chi connectivity index (χ0n) is 36.6. The summed E-state index contributed by atoms with van der Waals surface area (Å²) in [6.45, 7) is 4.76. The highest BCUT2D eigenvalue weighted by molar-refractivity contribution is 6.04. The Labute approximate surface area is 382 Å². The van der Waals surface area contributed by atoms with Crippen LogP contribution < -0.4 is 4.90 Å². The average molecular weight is 830 g/mol. The van der Waals surface area contributed by atoms with E-state index in [1.54, 1.807) is 0 Å². The fraction of sp³-hybridized carbons (Fsp3) is 0.0625. The van der Waals surface area contributed by atoms with Crippen molar-refractivity contribution in [2.24, 2.45) is 0 Å². The van der Waals surface area contributed by atoms with E-state index in [0.717, 1.165) is 17.1 Å². The van der Waals surface area contributed by atoms with Crippen molar-refractivity contribution in [1.82, 2.24) is 0 Å². The highest BCUT2D eigenvalue weighted by Crippen LogP contribution is 2.60. The highest BCUT2D eigenvalue weighted by atomic mass is 15.1. The van der Waals surface area contributed by atoms with Crippen molar-refractivity contribution in [2.75, 3.05) is 4.90 Å². The van der Waals surface area contributed by atoms with E-state index >= 15 is 0 Å². The van der Waals surface area contributed by atoms with Gasteiger partial charge in [0, 0.05) is 22.2 Å². The first-order chi connectivity index (χ1) is 32.0. The van der Waals surface area contributed by atoms with Crippen LogP contribution in [0.3, 0.4) is 0 Å². The molecule has 0 N–H and O–H groups in total. The molecule has 0 aromatic heterocycles. The van der Waals surface area contributed by atoms with E-state index in [1.807, 2.05) is 0 Å². The van der Waals surface area contributed by atoms with Crippen LogP contribution in [0.2, 0.25) is 0 Å². The first-order valence-corrected chi connectivity index (χ1v) is 22.8. The van der Waals surface area contributed by atoms with Gasteiger partial charge in [-0.1, -0.05) is 238 Å². The van der Waals surface area contributed by atoms with Crippen LogP contribution in [-0.4, -0.2) is 0 Å². The fourth-order valence-electron chi connectivity index (χ4n) is 11.3. The van der Waals surface area contributed by atoms with E-state index in [9.17, 15) is 0 Å². The topological polar surface area (TPSA) is 3.24 Å². The molecule has 1 heteroatoms. The van der Waals surface area contributed by atoms with Crippen molar-refractivity contribution in [3.8, 4) is 55.6 Å². The van der Waals surface area contributed by atoms with Crippen molar-refractivity contribution in [3.05, 3.63) is 282 Å². The molecule has 308 valence electrons. The fourth-order valence-corrected chi connectivity index (χ4v) is 11.3. The van der Waals surface area contributed by atoms with Gasteiger partial charge in [0.05, 0.1) is 16.8 Å². The molecule has 65 heavy (non-hydrogen) atoms. The Morgan fingerprint density at radius 3 is 1.38 bits per heavy atom. The molecule has 0 radical (unpaired) electrons. The molecule has 0 atom stereocenters. The Balaban J connectivity index is 1.22. The number of hydrogen-bond donors (Lipinski definition) is 0. The van der Waals surface area contributed by atoms with Gasteiger partial charge in [-0.3, -0.25) is 0 Å². The first-order valence-electron chi connectivity index (χ1n) is 22.8. The molecule has 0 amide bonds. The maximum absolute atomic E-state index is 2.59. The van der Waals surface area contributed by atoms with Crippen molar-refractivity contribution in [3.63, 3.8) is 0 Å². The van der Waals surface area contributed by atoms with E-state index in [-0.39, 0.29) is 5.41 Å². The van der Waals surface area contributed by atoms with E-state index in [0.29, 0.717) is 0 Å². The molecule has 0 fully saturated rings. The lowest BCUT2D eigenvalue weighted by Crippen LogP contribution is -2.28. The van der Waals surface area contributed by atoms with Gasteiger partial charge in [0.2, 0.25) is 0 Å². The lowest BCUT2D eigenvalue weighted by atomic mass is 9.67. The number of nitrogens with zero attached hydrogens (tertiary/aromatic N) is 1. The number of benzene rings is 10. The van der Waals surface area contributed by atoms with Gasteiger partial charge < -0.3 is 4.90 Å². The van der Waals surface area contributed by atoms with Crippen LogP contribution >= 0.6 is 0 Å². The Morgan fingerprint density at radius 2 is 0.738 bits per heavy atom. The standard InChI is InChI=1S/C64H47N/c1-63(2)55-36-19-18-34-54(55)62-57(63)38-22-40-60(62)65(59-39-21-35-50(45-25-9-4-10-26-45)61(59)53-33-16-15-31-49(53)44-23-7-3-8-24-44)48-41-42-52-51-32-17-20-37-56(51)64(58(52)43-48,46-27-11-5-12-28-46)47-29-13-6-14-30-47/h3-43H,1-2H3. The van der Waals surface area contributed by atoms with Gasteiger partial charge in [0.25, 0.3) is 0 Å². The van der Waals surface area contributed by atoms with Crippen molar-refractivity contribution < 1.29 is 0 Å². The summed E-state index contributed by atoms with van der Waals surface area (Å²) >= 11 is 0. The molecule has 0 heterocycles. The summed E-state index contributed by atoms with van der Waals surface area (Å²) in [5.74, 6) is 0. The minimum atomic E-state index is -0.558. The summed E-state index contributed by atoms with van der Waals surface area (Å²) in [6, 6.07) is 92.2. The average Bonchev–Trinajstić information content (AvgIpc) is 3.80. The van der Waals surface area contributed by atoms with Crippen molar-refractivity contribution in [2.45, 2.75) is 24.7 Å². The van der Waals surface area contributed by atoms with Gasteiger partial charge in [-0.05, 0) is 102 Å². The maximum atomic E-state index is 2.59. The first kappa shape index (κ1) is 38.7. The monoisotopic (exact) mass is 829 g/mol. The molecule has 0 unspecified atom stereocenters. The van der Waals surface area contributed by atoms with Crippen molar-refractivity contribution >= 4 is 17.1 Å². The van der Waals surface area contributed by atoms with E-state index in [1.165, 1.54) is 89.0 Å². The summed E-state index contributed by atoms with van der Waals surface area (Å²) in [4.78, 5) is 2.59. The third-order valence-electron chi connectivity index (χ3n) is 14.2. The van der Waals surface area contributed by atoms with Crippen molar-refractivity contribution in [1.29, 1.82) is 0 Å². The zero-order chi connectivity index (χ0) is 43.5. The Kier molecular flexibility index (Phi) is 9.14.